The second-order valence-electron chi connectivity index (χ2n) is 8.00. The van der Waals surface area contributed by atoms with Crippen LogP contribution in [-0.4, -0.2) is 61.1 Å². The molecule has 0 radical (unpaired) electrons. The Labute approximate surface area is 164 Å². The molecule has 27 heavy (non-hydrogen) atoms. The van der Waals surface area contributed by atoms with Gasteiger partial charge in [-0.15, -0.1) is 11.6 Å². The molecule has 1 spiro atoms. The van der Waals surface area contributed by atoms with E-state index in [1.807, 2.05) is 0 Å². The first-order valence-corrected chi connectivity index (χ1v) is 9.83. The maximum atomic E-state index is 12.0. The molecule has 3 rings (SSSR count). The predicted molar refractivity (Wildman–Crippen MR) is 98.7 cm³/mol. The van der Waals surface area contributed by atoms with Crippen molar-refractivity contribution in [2.24, 2.45) is 5.92 Å². The smallest absolute Gasteiger partial charge is 0.414 e. The maximum Gasteiger partial charge on any atom is 0.414 e. The number of hydrogen-bond donors (Lipinski definition) is 1. The van der Waals surface area contributed by atoms with Crippen LogP contribution < -0.4 is 5.32 Å². The lowest BCUT2D eigenvalue weighted by Gasteiger charge is -2.42. The summed E-state index contributed by atoms with van der Waals surface area (Å²) in [5.41, 5.74) is 0.574. The van der Waals surface area contributed by atoms with Gasteiger partial charge in [0.15, 0.2) is 0 Å². The number of imide groups is 1. The zero-order chi connectivity index (χ0) is 19.8. The average molecular weight is 402 g/mol. The number of rotatable bonds is 6. The molecule has 6 atom stereocenters. The van der Waals surface area contributed by atoms with Crippen molar-refractivity contribution in [2.75, 3.05) is 19.6 Å². The molecule has 0 aromatic rings. The highest BCUT2D eigenvalue weighted by molar-refractivity contribution is 6.28. The minimum Gasteiger partial charge on any atom is -0.443 e. The molecule has 0 bridgehead atoms. The zero-order valence-electron chi connectivity index (χ0n) is 16.2. The van der Waals surface area contributed by atoms with Gasteiger partial charge in [0.25, 0.3) is 0 Å². The lowest BCUT2D eigenvalue weighted by Crippen LogP contribution is -2.56. The summed E-state index contributed by atoms with van der Waals surface area (Å²) >= 11 is 5.42. The first-order chi connectivity index (χ1) is 12.8. The highest BCUT2D eigenvalue weighted by atomic mass is 35.5. The van der Waals surface area contributed by atoms with E-state index in [-0.39, 0.29) is 29.6 Å². The van der Waals surface area contributed by atoms with Crippen LogP contribution >= 0.6 is 11.6 Å². The number of alkyl halides is 1. The van der Waals surface area contributed by atoms with E-state index in [4.69, 9.17) is 30.5 Å². The summed E-state index contributed by atoms with van der Waals surface area (Å²) < 4.78 is 23.2. The molecule has 0 aromatic heterocycles. The molecular formula is C19H28ClNO6. The SMILES string of the molecule is COC1C(OC(=O)NC(=O)CCl)CCC2(CO2)C1[C@@]1(C)O[C@@H]1CC=C(C)C. The van der Waals surface area contributed by atoms with Gasteiger partial charge in [0.1, 0.15) is 29.3 Å². The average Bonchev–Trinajstić information content (AvgIpc) is 3.52. The first kappa shape index (κ1) is 20.6. The van der Waals surface area contributed by atoms with Crippen molar-refractivity contribution in [2.45, 2.75) is 69.5 Å². The molecule has 3 fully saturated rings. The van der Waals surface area contributed by atoms with E-state index in [0.29, 0.717) is 13.0 Å². The summed E-state index contributed by atoms with van der Waals surface area (Å²) in [7, 11) is 1.61. The third-order valence-corrected chi connectivity index (χ3v) is 6.10. The Hall–Kier alpha value is -1.15. The van der Waals surface area contributed by atoms with E-state index >= 15 is 0 Å². The highest BCUT2D eigenvalue weighted by Crippen LogP contribution is 2.59. The van der Waals surface area contributed by atoms with Crippen molar-refractivity contribution in [3.63, 3.8) is 0 Å². The van der Waals surface area contributed by atoms with Crippen molar-refractivity contribution in [1.82, 2.24) is 5.32 Å². The summed E-state index contributed by atoms with van der Waals surface area (Å²) in [6, 6.07) is 0. The number of carbonyl (C=O) groups excluding carboxylic acids is 2. The van der Waals surface area contributed by atoms with Gasteiger partial charge in [-0.05, 0) is 40.0 Å². The Morgan fingerprint density at radius 2 is 2.07 bits per heavy atom. The van der Waals surface area contributed by atoms with Gasteiger partial charge < -0.3 is 18.9 Å². The fourth-order valence-electron chi connectivity index (χ4n) is 4.38. The van der Waals surface area contributed by atoms with Gasteiger partial charge >= 0.3 is 6.09 Å². The van der Waals surface area contributed by atoms with Gasteiger partial charge in [-0.2, -0.15) is 0 Å². The van der Waals surface area contributed by atoms with Crippen molar-refractivity contribution in [3.8, 4) is 0 Å². The van der Waals surface area contributed by atoms with Gasteiger partial charge in [-0.3, -0.25) is 10.1 Å². The van der Waals surface area contributed by atoms with Gasteiger partial charge in [0.2, 0.25) is 5.91 Å². The highest BCUT2D eigenvalue weighted by Gasteiger charge is 2.72. The minimum atomic E-state index is -0.804. The molecule has 2 heterocycles. The van der Waals surface area contributed by atoms with Crippen molar-refractivity contribution in [3.05, 3.63) is 11.6 Å². The van der Waals surface area contributed by atoms with Crippen LogP contribution in [0.4, 0.5) is 4.79 Å². The van der Waals surface area contributed by atoms with E-state index in [0.717, 1.165) is 12.8 Å². The number of carbonyl (C=O) groups is 2. The second-order valence-corrected chi connectivity index (χ2v) is 8.27. The molecular weight excluding hydrogens is 374 g/mol. The molecule has 0 aromatic carbocycles. The molecule has 3 aliphatic rings. The van der Waals surface area contributed by atoms with Crippen LogP contribution in [0.5, 0.6) is 0 Å². The fourth-order valence-corrected chi connectivity index (χ4v) is 4.45. The summed E-state index contributed by atoms with van der Waals surface area (Å²) in [5.74, 6) is -0.949. The zero-order valence-corrected chi connectivity index (χ0v) is 17.0. The molecule has 1 aliphatic carbocycles. The summed E-state index contributed by atoms with van der Waals surface area (Å²) in [4.78, 5) is 23.3. The van der Waals surface area contributed by atoms with Gasteiger partial charge in [-0.1, -0.05) is 11.6 Å². The van der Waals surface area contributed by atoms with E-state index < -0.39 is 23.7 Å². The molecule has 1 N–H and O–H groups in total. The Morgan fingerprint density at radius 3 is 2.63 bits per heavy atom. The van der Waals surface area contributed by atoms with Crippen molar-refractivity contribution >= 4 is 23.6 Å². The van der Waals surface area contributed by atoms with Gasteiger partial charge in [0, 0.05) is 7.11 Å². The third kappa shape index (κ3) is 4.16. The second kappa shape index (κ2) is 7.70. The number of amides is 2. The largest absolute Gasteiger partial charge is 0.443 e. The van der Waals surface area contributed by atoms with Gasteiger partial charge in [0.05, 0.1) is 18.6 Å². The van der Waals surface area contributed by atoms with Crippen LogP contribution in [0, 0.1) is 5.92 Å². The van der Waals surface area contributed by atoms with Crippen molar-refractivity contribution in [1.29, 1.82) is 0 Å². The topological polar surface area (TPSA) is 89.7 Å². The number of alkyl carbamates (subject to hydrolysis) is 1. The number of ether oxygens (including phenoxy) is 4. The number of hydrogen-bond acceptors (Lipinski definition) is 6. The summed E-state index contributed by atoms with van der Waals surface area (Å²) in [5, 5.41) is 2.11. The molecule has 152 valence electrons. The Kier molecular flexibility index (Phi) is 5.87. The number of nitrogens with one attached hydrogen (secondary N) is 1. The minimum absolute atomic E-state index is 0.0548. The van der Waals surface area contributed by atoms with Crippen LogP contribution in [-0.2, 0) is 23.7 Å². The van der Waals surface area contributed by atoms with Crippen molar-refractivity contribution < 1.29 is 28.5 Å². The van der Waals surface area contributed by atoms with Crippen LogP contribution in [0.15, 0.2) is 11.6 Å². The Balaban J connectivity index is 1.73. The third-order valence-electron chi connectivity index (χ3n) is 5.86. The lowest BCUT2D eigenvalue weighted by atomic mass is 9.68. The van der Waals surface area contributed by atoms with E-state index in [1.54, 1.807) is 7.11 Å². The lowest BCUT2D eigenvalue weighted by molar-refractivity contribution is -0.124. The standard InChI is InChI=1S/C19H28ClNO6/c1-11(2)5-6-13-18(3,27-13)16-15(24-4)12(7-8-19(16)10-25-19)26-17(23)21-14(22)9-20/h5,12-13,15-16H,6-10H2,1-4H3,(H,21,22,23)/t12?,13-,15?,16?,18+,19?/m1/s1. The number of methoxy groups -OCH3 is 1. The van der Waals surface area contributed by atoms with E-state index in [1.165, 1.54) is 5.57 Å². The Bertz CT molecular complexity index is 630. The van der Waals surface area contributed by atoms with Gasteiger partial charge in [-0.25, -0.2) is 4.79 Å². The number of halogens is 1. The van der Waals surface area contributed by atoms with Crippen LogP contribution in [0.3, 0.4) is 0 Å². The van der Waals surface area contributed by atoms with Crippen LogP contribution in [0.25, 0.3) is 0 Å². The number of epoxide rings is 2. The maximum absolute atomic E-state index is 12.0. The van der Waals surface area contributed by atoms with Crippen LogP contribution in [0.2, 0.25) is 0 Å². The molecule has 2 aliphatic heterocycles. The monoisotopic (exact) mass is 401 g/mol. The summed E-state index contributed by atoms with van der Waals surface area (Å²) in [6.45, 7) is 6.87. The first-order valence-electron chi connectivity index (χ1n) is 9.30. The van der Waals surface area contributed by atoms with E-state index in [9.17, 15) is 9.59 Å². The molecule has 1 saturated carbocycles. The normalized spacial score (nSPS) is 39.6. The quantitative estimate of drug-likeness (QED) is 0.418. The molecule has 4 unspecified atom stereocenters. The predicted octanol–water partition coefficient (Wildman–Crippen LogP) is 2.55. The molecule has 7 nitrogen and oxygen atoms in total. The molecule has 2 saturated heterocycles. The molecule has 8 heteroatoms. The fraction of sp³-hybridized carbons (Fsp3) is 0.789. The van der Waals surface area contributed by atoms with Crippen LogP contribution in [0.1, 0.15) is 40.0 Å². The Morgan fingerprint density at radius 1 is 1.37 bits per heavy atom. The molecule has 2 amide bonds. The van der Waals surface area contributed by atoms with E-state index in [2.05, 4.69) is 32.2 Å². The summed E-state index contributed by atoms with van der Waals surface area (Å²) in [6.07, 6.45) is 2.78. The number of allylic oxidation sites excluding steroid dienone is 1.